The van der Waals surface area contributed by atoms with Gasteiger partial charge in [0.15, 0.2) is 11.6 Å². The standard InChI is InChI=1S/C23H18N6O3/c1-13-7-18-21(26-10-13)29(3)23(31)17(12-32-18)27-22(30)20-25-11-14(2)19(28-20)16-6-4-5-15(8-16)9-24/h4-8,10-11H,12H2,1-3H3. The fourth-order valence-corrected chi connectivity index (χ4v) is 3.22. The summed E-state index contributed by atoms with van der Waals surface area (Å²) in [5.74, 6) is -0.637. The van der Waals surface area contributed by atoms with Gasteiger partial charge in [-0.05, 0) is 43.2 Å². The van der Waals surface area contributed by atoms with E-state index in [1.807, 2.05) is 6.92 Å². The molecule has 0 saturated carbocycles. The molecule has 0 N–H and O–H groups in total. The maximum Gasteiger partial charge on any atom is 0.315 e. The second-order valence-electron chi connectivity index (χ2n) is 7.27. The Kier molecular flexibility index (Phi) is 5.43. The van der Waals surface area contributed by atoms with Crippen LogP contribution in [0.5, 0.6) is 5.75 Å². The van der Waals surface area contributed by atoms with E-state index in [-0.39, 0.29) is 18.1 Å². The van der Waals surface area contributed by atoms with Gasteiger partial charge in [-0.1, -0.05) is 12.1 Å². The molecule has 2 amide bonds. The minimum absolute atomic E-state index is 0.0784. The predicted molar refractivity (Wildman–Crippen MR) is 117 cm³/mol. The predicted octanol–water partition coefficient (Wildman–Crippen LogP) is 2.66. The zero-order chi connectivity index (χ0) is 22.8. The zero-order valence-corrected chi connectivity index (χ0v) is 17.7. The summed E-state index contributed by atoms with van der Waals surface area (Å²) in [6.45, 7) is 3.48. The number of hydrogen-bond donors (Lipinski definition) is 0. The van der Waals surface area contributed by atoms with Crippen LogP contribution in [0.25, 0.3) is 11.3 Å². The third-order valence-corrected chi connectivity index (χ3v) is 4.87. The van der Waals surface area contributed by atoms with Gasteiger partial charge >= 0.3 is 5.91 Å². The minimum Gasteiger partial charge on any atom is -0.483 e. The maximum atomic E-state index is 12.8. The van der Waals surface area contributed by atoms with E-state index in [9.17, 15) is 9.59 Å². The van der Waals surface area contributed by atoms with Crippen molar-refractivity contribution in [3.63, 3.8) is 0 Å². The van der Waals surface area contributed by atoms with Gasteiger partial charge in [-0.2, -0.15) is 5.26 Å². The van der Waals surface area contributed by atoms with Crippen molar-refractivity contribution >= 4 is 23.3 Å². The number of rotatable bonds is 2. The molecule has 4 rings (SSSR count). The largest absolute Gasteiger partial charge is 0.483 e. The number of aryl methyl sites for hydroxylation is 2. The van der Waals surface area contributed by atoms with Crippen LogP contribution >= 0.6 is 0 Å². The van der Waals surface area contributed by atoms with Crippen molar-refractivity contribution in [1.29, 1.82) is 5.26 Å². The first-order valence-corrected chi connectivity index (χ1v) is 9.71. The lowest BCUT2D eigenvalue weighted by Crippen LogP contribution is -2.35. The van der Waals surface area contributed by atoms with Gasteiger partial charge in [0.2, 0.25) is 5.82 Å². The number of carbonyl (C=O) groups is 2. The Hall–Kier alpha value is -4.45. The summed E-state index contributed by atoms with van der Waals surface area (Å²) in [5.41, 5.74) is 3.19. The molecule has 9 heteroatoms. The number of aromatic nitrogens is 3. The lowest BCUT2D eigenvalue weighted by Gasteiger charge is -2.14. The molecule has 3 heterocycles. The van der Waals surface area contributed by atoms with Gasteiger partial charge < -0.3 is 4.74 Å². The normalized spacial score (nSPS) is 14.4. The first-order chi connectivity index (χ1) is 15.4. The van der Waals surface area contributed by atoms with Gasteiger partial charge in [0.25, 0.3) is 5.91 Å². The number of anilines is 1. The molecule has 158 valence electrons. The molecular weight excluding hydrogens is 408 g/mol. The van der Waals surface area contributed by atoms with Crippen LogP contribution in [0.3, 0.4) is 0 Å². The van der Waals surface area contributed by atoms with E-state index in [0.29, 0.717) is 28.4 Å². The Balaban J connectivity index is 1.67. The van der Waals surface area contributed by atoms with Crippen LogP contribution in [0.15, 0.2) is 47.7 Å². The number of carbonyl (C=O) groups excluding carboxylic acids is 2. The van der Waals surface area contributed by atoms with Crippen molar-refractivity contribution in [2.45, 2.75) is 13.8 Å². The number of nitriles is 1. The highest BCUT2D eigenvalue weighted by Crippen LogP contribution is 2.28. The molecular formula is C23H18N6O3. The first kappa shape index (κ1) is 20.8. The van der Waals surface area contributed by atoms with Crippen LogP contribution in [-0.4, -0.2) is 46.1 Å². The van der Waals surface area contributed by atoms with Gasteiger partial charge in [0, 0.05) is 25.0 Å². The van der Waals surface area contributed by atoms with Crippen molar-refractivity contribution in [1.82, 2.24) is 15.0 Å². The van der Waals surface area contributed by atoms with Crippen LogP contribution < -0.4 is 9.64 Å². The molecule has 0 radical (unpaired) electrons. The van der Waals surface area contributed by atoms with Crippen LogP contribution in [0.1, 0.15) is 27.3 Å². The average molecular weight is 426 g/mol. The van der Waals surface area contributed by atoms with E-state index < -0.39 is 11.8 Å². The van der Waals surface area contributed by atoms with E-state index >= 15 is 0 Å². The van der Waals surface area contributed by atoms with Gasteiger partial charge in [-0.25, -0.2) is 19.9 Å². The van der Waals surface area contributed by atoms with Crippen molar-refractivity contribution in [2.75, 3.05) is 18.6 Å². The third kappa shape index (κ3) is 3.94. The Bertz CT molecular complexity index is 1330. The first-order valence-electron chi connectivity index (χ1n) is 9.71. The molecule has 0 atom stereocenters. The molecule has 3 aromatic rings. The fourth-order valence-electron chi connectivity index (χ4n) is 3.22. The Morgan fingerprint density at radius 1 is 1.22 bits per heavy atom. The number of pyridine rings is 1. The Morgan fingerprint density at radius 3 is 2.81 bits per heavy atom. The number of fused-ring (bicyclic) bond motifs is 1. The smallest absolute Gasteiger partial charge is 0.315 e. The topological polar surface area (TPSA) is 121 Å². The SMILES string of the molecule is Cc1cnc2c(c1)OCC(=NC(=O)c1ncc(C)c(-c3cccc(C#N)c3)n1)C(=O)N2C. The summed E-state index contributed by atoms with van der Waals surface area (Å²) in [6, 6.07) is 10.7. The Labute approximate surface area is 184 Å². The molecule has 2 aromatic heterocycles. The molecule has 0 spiro atoms. The zero-order valence-electron chi connectivity index (χ0n) is 17.7. The van der Waals surface area contributed by atoms with E-state index in [0.717, 1.165) is 11.1 Å². The molecule has 9 nitrogen and oxygen atoms in total. The van der Waals surface area contributed by atoms with Crippen molar-refractivity contribution < 1.29 is 14.3 Å². The maximum absolute atomic E-state index is 12.8. The molecule has 0 fully saturated rings. The highest BCUT2D eigenvalue weighted by Gasteiger charge is 2.28. The van der Waals surface area contributed by atoms with Crippen LogP contribution in [0.4, 0.5) is 5.82 Å². The molecule has 0 unspecified atom stereocenters. The van der Waals surface area contributed by atoms with E-state index in [2.05, 4.69) is 26.0 Å². The van der Waals surface area contributed by atoms with Crippen LogP contribution in [-0.2, 0) is 4.79 Å². The van der Waals surface area contributed by atoms with Crippen LogP contribution in [0.2, 0.25) is 0 Å². The number of aliphatic imine (C=N–C) groups is 1. The average Bonchev–Trinajstić information content (AvgIpc) is 2.91. The second-order valence-corrected chi connectivity index (χ2v) is 7.27. The summed E-state index contributed by atoms with van der Waals surface area (Å²) >= 11 is 0. The van der Waals surface area contributed by atoms with Gasteiger partial charge in [0.05, 0.1) is 17.3 Å². The van der Waals surface area contributed by atoms with Gasteiger partial charge in [-0.15, -0.1) is 0 Å². The summed E-state index contributed by atoms with van der Waals surface area (Å²) in [4.78, 5) is 43.6. The summed E-state index contributed by atoms with van der Waals surface area (Å²) in [5, 5.41) is 9.15. The molecule has 1 aliphatic heterocycles. The second kappa shape index (κ2) is 8.35. The highest BCUT2D eigenvalue weighted by atomic mass is 16.5. The summed E-state index contributed by atoms with van der Waals surface area (Å²) < 4.78 is 5.68. The van der Waals surface area contributed by atoms with E-state index in [1.54, 1.807) is 50.5 Å². The van der Waals surface area contributed by atoms with E-state index in [4.69, 9.17) is 10.00 Å². The number of ether oxygens (including phenoxy) is 1. The molecule has 1 aromatic carbocycles. The van der Waals surface area contributed by atoms with E-state index in [1.165, 1.54) is 11.1 Å². The molecule has 32 heavy (non-hydrogen) atoms. The molecule has 0 saturated heterocycles. The molecule has 0 bridgehead atoms. The monoisotopic (exact) mass is 426 g/mol. The molecule has 0 aliphatic carbocycles. The van der Waals surface area contributed by atoms with Crippen molar-refractivity contribution in [3.8, 4) is 23.1 Å². The quantitative estimate of drug-likeness (QED) is 0.617. The number of benzene rings is 1. The van der Waals surface area contributed by atoms with Gasteiger partial charge in [0.1, 0.15) is 12.3 Å². The van der Waals surface area contributed by atoms with Crippen LogP contribution in [0, 0.1) is 25.2 Å². The third-order valence-electron chi connectivity index (χ3n) is 4.87. The lowest BCUT2D eigenvalue weighted by atomic mass is 10.1. The summed E-state index contributed by atoms with van der Waals surface area (Å²) in [7, 11) is 1.54. The van der Waals surface area contributed by atoms with Gasteiger partial charge in [-0.3, -0.25) is 14.5 Å². The number of nitrogens with zero attached hydrogens (tertiary/aromatic N) is 6. The van der Waals surface area contributed by atoms with Crippen molar-refractivity contribution in [3.05, 3.63) is 65.2 Å². The van der Waals surface area contributed by atoms with Crippen molar-refractivity contribution in [2.24, 2.45) is 4.99 Å². The minimum atomic E-state index is -0.766. The fraction of sp³-hybridized carbons (Fsp3) is 0.174. The highest BCUT2D eigenvalue weighted by molar-refractivity contribution is 6.46. The Morgan fingerprint density at radius 2 is 2.03 bits per heavy atom. The number of amides is 2. The lowest BCUT2D eigenvalue weighted by molar-refractivity contribution is -0.112. The number of hydrogen-bond acceptors (Lipinski definition) is 7. The molecule has 1 aliphatic rings. The summed E-state index contributed by atoms with van der Waals surface area (Å²) in [6.07, 6.45) is 3.14.